The van der Waals surface area contributed by atoms with Gasteiger partial charge in [0.2, 0.25) is 0 Å². The number of benzene rings is 2. The van der Waals surface area contributed by atoms with Crippen LogP contribution in [-0.4, -0.2) is 65.0 Å². The fourth-order valence-corrected chi connectivity index (χ4v) is 5.32. The number of alkyl halides is 9. The Morgan fingerprint density at radius 2 is 1.64 bits per heavy atom. The molecule has 0 atom stereocenters. The Kier molecular flexibility index (Phi) is 8.62. The molecule has 0 unspecified atom stereocenters. The molecule has 1 amide bonds. The van der Waals surface area contributed by atoms with E-state index in [9.17, 15) is 44.3 Å². The molecule has 3 aromatic rings. The first-order valence-corrected chi connectivity index (χ1v) is 13.2. The van der Waals surface area contributed by atoms with E-state index >= 15 is 0 Å². The van der Waals surface area contributed by atoms with Gasteiger partial charge in [-0.3, -0.25) is 4.90 Å². The standard InChI is InChI=1S/C26H24F9N3O3S/c1-23(7-9-38(10-8-23)22(39)41-20(25(30,31)32)26(33,34)35)37(2)14-15-11-16(24(27,28)29)13-17(12-15)40-21-36-18-5-3-4-6-19(18)42-21/h3-6,11-13,20H,7-10,14H2,1-2H3. The van der Waals surface area contributed by atoms with Crippen LogP contribution in [0.4, 0.5) is 44.3 Å². The average molecular weight is 630 g/mol. The number of amides is 1. The number of carbonyl (C=O) groups is 1. The Labute approximate surface area is 237 Å². The number of fused-ring (bicyclic) bond motifs is 1. The van der Waals surface area contributed by atoms with Crippen LogP contribution in [0.1, 0.15) is 30.9 Å². The van der Waals surface area contributed by atoms with Crippen LogP contribution in [-0.2, 0) is 17.5 Å². The average Bonchev–Trinajstić information content (AvgIpc) is 3.27. The Hall–Kier alpha value is -3.27. The van der Waals surface area contributed by atoms with Crippen molar-refractivity contribution in [2.45, 2.75) is 56.5 Å². The van der Waals surface area contributed by atoms with E-state index in [4.69, 9.17) is 4.74 Å². The quantitative estimate of drug-likeness (QED) is 0.259. The predicted molar refractivity (Wildman–Crippen MR) is 134 cm³/mol. The van der Waals surface area contributed by atoms with Crippen molar-refractivity contribution in [1.82, 2.24) is 14.8 Å². The van der Waals surface area contributed by atoms with Crippen molar-refractivity contribution in [3.05, 3.63) is 53.6 Å². The molecule has 0 N–H and O–H groups in total. The van der Waals surface area contributed by atoms with Crippen LogP contribution in [0.2, 0.25) is 0 Å². The minimum Gasteiger partial charge on any atom is -0.431 e. The number of carbonyl (C=O) groups excluding carboxylic acids is 1. The van der Waals surface area contributed by atoms with Crippen LogP contribution in [0.5, 0.6) is 10.9 Å². The monoisotopic (exact) mass is 629 g/mol. The Morgan fingerprint density at radius 3 is 2.21 bits per heavy atom. The Bertz CT molecular complexity index is 1370. The van der Waals surface area contributed by atoms with E-state index in [1.54, 1.807) is 43.1 Å². The van der Waals surface area contributed by atoms with Crippen molar-refractivity contribution < 1.29 is 53.8 Å². The summed E-state index contributed by atoms with van der Waals surface area (Å²) in [6, 6.07) is 10.3. The van der Waals surface area contributed by atoms with Crippen LogP contribution in [0.15, 0.2) is 42.5 Å². The normalized spacial score (nSPS) is 16.4. The van der Waals surface area contributed by atoms with Gasteiger partial charge >= 0.3 is 24.6 Å². The van der Waals surface area contributed by atoms with Crippen molar-refractivity contribution in [2.24, 2.45) is 0 Å². The molecule has 1 aliphatic rings. The number of hydrogen-bond donors (Lipinski definition) is 0. The molecule has 2 aromatic carbocycles. The van der Waals surface area contributed by atoms with Gasteiger partial charge in [-0.15, -0.1) is 0 Å². The number of nitrogens with zero attached hydrogens (tertiary/aromatic N) is 3. The molecule has 1 aromatic heterocycles. The molecule has 2 heterocycles. The van der Waals surface area contributed by atoms with Crippen molar-refractivity contribution in [3.63, 3.8) is 0 Å². The van der Waals surface area contributed by atoms with Crippen LogP contribution in [0.3, 0.4) is 0 Å². The van der Waals surface area contributed by atoms with Crippen molar-refractivity contribution >= 4 is 27.6 Å². The molecule has 0 radical (unpaired) electrons. The molecule has 6 nitrogen and oxygen atoms in total. The second-order valence-electron chi connectivity index (χ2n) is 10.1. The lowest BCUT2D eigenvalue weighted by molar-refractivity contribution is -0.308. The van der Waals surface area contributed by atoms with Gasteiger partial charge in [0.05, 0.1) is 15.8 Å². The summed E-state index contributed by atoms with van der Waals surface area (Å²) in [5.41, 5.74) is -0.840. The zero-order valence-corrected chi connectivity index (χ0v) is 22.8. The summed E-state index contributed by atoms with van der Waals surface area (Å²) in [4.78, 5) is 18.8. The number of ether oxygens (including phenoxy) is 2. The molecular formula is C26H24F9N3O3S. The first-order valence-electron chi connectivity index (χ1n) is 12.4. The summed E-state index contributed by atoms with van der Waals surface area (Å²) >= 11 is 1.16. The van der Waals surface area contributed by atoms with Crippen molar-refractivity contribution in [1.29, 1.82) is 0 Å². The highest BCUT2D eigenvalue weighted by Crippen LogP contribution is 2.39. The largest absolute Gasteiger partial charge is 0.434 e. The number of halogens is 9. The number of aromatic nitrogens is 1. The third-order valence-electron chi connectivity index (χ3n) is 7.03. The molecule has 0 aliphatic carbocycles. The zero-order chi connectivity index (χ0) is 31.1. The summed E-state index contributed by atoms with van der Waals surface area (Å²) in [6.45, 7) is 1.27. The molecule has 1 fully saturated rings. The number of likely N-dealkylation sites (tertiary alicyclic amines) is 1. The first kappa shape index (κ1) is 31.7. The highest BCUT2D eigenvalue weighted by molar-refractivity contribution is 7.20. The molecule has 16 heteroatoms. The van der Waals surface area contributed by atoms with Crippen molar-refractivity contribution in [3.8, 4) is 10.9 Å². The van der Waals surface area contributed by atoms with Gasteiger partial charge in [-0.25, -0.2) is 9.78 Å². The van der Waals surface area contributed by atoms with E-state index < -0.39 is 41.8 Å². The number of piperidine rings is 1. The van der Waals surface area contributed by atoms with Gasteiger partial charge in [0, 0.05) is 25.2 Å². The highest BCUT2D eigenvalue weighted by Gasteiger charge is 2.60. The van der Waals surface area contributed by atoms with E-state index in [1.165, 1.54) is 6.07 Å². The second-order valence-corrected chi connectivity index (χ2v) is 11.1. The lowest BCUT2D eigenvalue weighted by Gasteiger charge is -2.45. The van der Waals surface area contributed by atoms with E-state index in [1.807, 2.05) is 0 Å². The third kappa shape index (κ3) is 7.38. The van der Waals surface area contributed by atoms with Gasteiger partial charge in [0.15, 0.2) is 0 Å². The predicted octanol–water partition coefficient (Wildman–Crippen LogP) is 8.02. The maximum Gasteiger partial charge on any atom is 0.434 e. The maximum atomic E-state index is 13.7. The zero-order valence-electron chi connectivity index (χ0n) is 22.0. The molecule has 230 valence electrons. The van der Waals surface area contributed by atoms with Crippen LogP contribution < -0.4 is 4.74 Å². The highest BCUT2D eigenvalue weighted by atomic mass is 32.1. The Balaban J connectivity index is 1.45. The lowest BCUT2D eigenvalue weighted by atomic mass is 9.87. The lowest BCUT2D eigenvalue weighted by Crippen LogP contribution is -2.54. The minimum atomic E-state index is -5.83. The molecule has 0 saturated carbocycles. The van der Waals surface area contributed by atoms with Gasteiger partial charge in [-0.05, 0) is 62.7 Å². The van der Waals surface area contributed by atoms with Gasteiger partial charge in [0.1, 0.15) is 5.75 Å². The molecule has 4 rings (SSSR count). The number of thiazole rings is 1. The summed E-state index contributed by atoms with van der Waals surface area (Å²) in [6.07, 6.45) is -22.1. The molecule has 0 bridgehead atoms. The summed E-state index contributed by atoms with van der Waals surface area (Å²) in [5.74, 6) is -0.0844. The van der Waals surface area contributed by atoms with Gasteiger partial charge < -0.3 is 14.4 Å². The summed E-state index contributed by atoms with van der Waals surface area (Å²) < 4.78 is 128. The van der Waals surface area contributed by atoms with Crippen molar-refractivity contribution in [2.75, 3.05) is 20.1 Å². The first-order chi connectivity index (χ1) is 19.3. The van der Waals surface area contributed by atoms with Gasteiger partial charge in [-0.1, -0.05) is 23.5 Å². The SMILES string of the molecule is CN(Cc1cc(Oc2nc3ccccc3s2)cc(C(F)(F)F)c1)C1(C)CCN(C(=O)OC(C(F)(F)F)C(F)(F)F)CC1. The molecule has 1 aliphatic heterocycles. The van der Waals surface area contributed by atoms with Crippen LogP contribution >= 0.6 is 11.3 Å². The fourth-order valence-electron chi connectivity index (χ4n) is 4.48. The molecule has 1 saturated heterocycles. The minimum absolute atomic E-state index is 0.00864. The van der Waals surface area contributed by atoms with E-state index in [0.717, 1.165) is 33.1 Å². The Morgan fingerprint density at radius 1 is 1.02 bits per heavy atom. The van der Waals surface area contributed by atoms with E-state index in [2.05, 4.69) is 9.72 Å². The summed E-state index contributed by atoms with van der Waals surface area (Å²) in [7, 11) is 1.62. The van der Waals surface area contributed by atoms with E-state index in [-0.39, 0.29) is 49.0 Å². The molecule has 0 spiro atoms. The smallest absolute Gasteiger partial charge is 0.431 e. The number of rotatable bonds is 6. The fraction of sp³-hybridized carbons (Fsp3) is 0.462. The summed E-state index contributed by atoms with van der Waals surface area (Å²) in [5, 5.41) is 0.152. The molecule has 42 heavy (non-hydrogen) atoms. The third-order valence-corrected chi connectivity index (χ3v) is 7.94. The topological polar surface area (TPSA) is 54.9 Å². The van der Waals surface area contributed by atoms with Crippen LogP contribution in [0, 0.1) is 0 Å². The maximum absolute atomic E-state index is 13.7. The van der Waals surface area contributed by atoms with E-state index in [0.29, 0.717) is 5.52 Å². The second kappa shape index (κ2) is 11.4. The van der Waals surface area contributed by atoms with Gasteiger partial charge in [0.25, 0.3) is 11.3 Å². The number of hydrogen-bond acceptors (Lipinski definition) is 6. The molecular weight excluding hydrogens is 605 g/mol. The van der Waals surface area contributed by atoms with Crippen LogP contribution in [0.25, 0.3) is 10.2 Å². The number of para-hydroxylation sites is 1. The van der Waals surface area contributed by atoms with Gasteiger partial charge in [-0.2, -0.15) is 39.5 Å².